The quantitative estimate of drug-likeness (QED) is 0.0261. The maximum atomic E-state index is 12.9. The summed E-state index contributed by atoms with van der Waals surface area (Å²) in [7, 11) is 0. The average Bonchev–Trinajstić information content (AvgIpc) is 3.42. The van der Waals surface area contributed by atoms with Crippen molar-refractivity contribution in [1.82, 2.24) is 0 Å². The Kier molecular flexibility index (Phi) is 58.9. The second kappa shape index (κ2) is 62.8. The number of unbranched alkanes of at least 4 members (excludes halogenated alkanes) is 19. The van der Waals surface area contributed by atoms with Gasteiger partial charge in [-0.25, -0.2) is 0 Å². The molecule has 1 unspecified atom stereocenters. The van der Waals surface area contributed by atoms with E-state index in [0.717, 1.165) is 154 Å². The van der Waals surface area contributed by atoms with E-state index in [1.54, 1.807) is 0 Å². The molecule has 6 nitrogen and oxygen atoms in total. The van der Waals surface area contributed by atoms with E-state index >= 15 is 0 Å². The van der Waals surface area contributed by atoms with Gasteiger partial charge in [-0.2, -0.15) is 0 Å². The van der Waals surface area contributed by atoms with Crippen molar-refractivity contribution < 1.29 is 28.6 Å². The molecule has 0 heterocycles. The van der Waals surface area contributed by atoms with Crippen LogP contribution < -0.4 is 0 Å². The lowest BCUT2D eigenvalue weighted by Gasteiger charge is -2.18. The van der Waals surface area contributed by atoms with Crippen molar-refractivity contribution in [2.75, 3.05) is 13.2 Å². The zero-order valence-electron chi connectivity index (χ0n) is 49.0. The number of ether oxygens (including phenoxy) is 3. The minimum atomic E-state index is -0.817. The van der Waals surface area contributed by atoms with Gasteiger partial charge in [0.2, 0.25) is 0 Å². The van der Waals surface area contributed by atoms with Gasteiger partial charge in [-0.3, -0.25) is 14.4 Å². The first-order valence-electron chi connectivity index (χ1n) is 30.8. The highest BCUT2D eigenvalue weighted by Crippen LogP contribution is 2.13. The summed E-state index contributed by atoms with van der Waals surface area (Å²) in [6.45, 7) is 6.42. The molecular weight excluding hydrogens is 937 g/mol. The highest BCUT2D eigenvalue weighted by Gasteiger charge is 2.19. The normalized spacial score (nSPS) is 13.1. The number of allylic oxidation sites excluding steroid dienone is 24. The summed E-state index contributed by atoms with van der Waals surface area (Å²) in [5.74, 6) is -0.985. The molecule has 0 aromatic carbocycles. The third kappa shape index (κ3) is 60.2. The van der Waals surface area contributed by atoms with Gasteiger partial charge in [0.1, 0.15) is 13.2 Å². The molecule has 6 heteroatoms. The van der Waals surface area contributed by atoms with Gasteiger partial charge in [0, 0.05) is 19.3 Å². The molecule has 0 amide bonds. The predicted octanol–water partition coefficient (Wildman–Crippen LogP) is 21.2. The molecule has 0 aromatic heterocycles. The van der Waals surface area contributed by atoms with E-state index in [2.05, 4.69) is 167 Å². The lowest BCUT2D eigenvalue weighted by atomic mass is 10.1. The summed E-state index contributed by atoms with van der Waals surface area (Å²) in [4.78, 5) is 38.2. The standard InChI is InChI=1S/C70H112O6/c1-4-7-10-13-16-19-22-25-28-30-31-32-33-34-35-36-37-38-39-40-43-45-48-51-54-57-60-63-69(72)75-66-67(65-74-68(71)62-59-56-53-50-47-44-41-27-24-21-18-15-12-9-6-3)76-70(73)64-61-58-55-52-49-46-42-29-26-23-20-17-14-11-8-5-2/h7,10,16,18-21,23,25,27-29,31-32,34-35,37-38,40-43,48,51,67H,4-6,8-9,11-15,17,22,24,26,30,33,36,39,44-47,49-50,52-66H2,1-3H3/b10-7-,19-16-,21-18-,23-20-,28-25-,32-31-,35-34-,38-37-,41-27-,42-29-,43-40-,51-48-. The molecule has 428 valence electrons. The molecule has 0 radical (unpaired) electrons. The van der Waals surface area contributed by atoms with Crippen LogP contribution in [0.3, 0.4) is 0 Å². The number of hydrogen-bond donors (Lipinski definition) is 0. The second-order valence-electron chi connectivity index (χ2n) is 19.9. The molecule has 0 N–H and O–H groups in total. The maximum absolute atomic E-state index is 12.9. The summed E-state index contributed by atoms with van der Waals surface area (Å²) in [5, 5.41) is 0. The van der Waals surface area contributed by atoms with Crippen LogP contribution in [0, 0.1) is 0 Å². The fourth-order valence-corrected chi connectivity index (χ4v) is 7.93. The number of esters is 3. The van der Waals surface area contributed by atoms with Crippen molar-refractivity contribution in [3.63, 3.8) is 0 Å². The fourth-order valence-electron chi connectivity index (χ4n) is 7.93. The van der Waals surface area contributed by atoms with Gasteiger partial charge in [-0.15, -0.1) is 0 Å². The number of hydrogen-bond acceptors (Lipinski definition) is 6. The minimum absolute atomic E-state index is 0.110. The Morgan fingerprint density at radius 2 is 0.513 bits per heavy atom. The Bertz CT molecular complexity index is 1680. The van der Waals surface area contributed by atoms with Crippen molar-refractivity contribution >= 4 is 17.9 Å². The molecule has 0 aliphatic heterocycles. The Balaban J connectivity index is 4.49. The van der Waals surface area contributed by atoms with Crippen LogP contribution >= 0.6 is 0 Å². The molecule has 0 rings (SSSR count). The molecule has 0 spiro atoms. The van der Waals surface area contributed by atoms with E-state index in [9.17, 15) is 14.4 Å². The molecule has 0 aromatic rings. The van der Waals surface area contributed by atoms with Crippen LogP contribution in [-0.4, -0.2) is 37.2 Å². The molecule has 0 saturated heterocycles. The van der Waals surface area contributed by atoms with Gasteiger partial charge in [-0.1, -0.05) is 237 Å². The Morgan fingerprint density at radius 3 is 0.855 bits per heavy atom. The number of carbonyl (C=O) groups is 3. The van der Waals surface area contributed by atoms with Crippen LogP contribution in [-0.2, 0) is 28.6 Å². The molecule has 0 saturated carbocycles. The first-order valence-corrected chi connectivity index (χ1v) is 30.8. The molecule has 76 heavy (non-hydrogen) atoms. The van der Waals surface area contributed by atoms with Gasteiger partial charge < -0.3 is 14.2 Å². The third-order valence-electron chi connectivity index (χ3n) is 12.5. The number of carbonyl (C=O) groups excluding carboxylic acids is 3. The highest BCUT2D eigenvalue weighted by atomic mass is 16.6. The molecule has 0 aliphatic carbocycles. The maximum Gasteiger partial charge on any atom is 0.306 e. The topological polar surface area (TPSA) is 78.9 Å². The lowest BCUT2D eigenvalue weighted by Crippen LogP contribution is -2.30. The van der Waals surface area contributed by atoms with Crippen molar-refractivity contribution in [3.05, 3.63) is 146 Å². The van der Waals surface area contributed by atoms with Crippen LogP contribution in [0.1, 0.15) is 258 Å². The first kappa shape index (κ1) is 71.3. The monoisotopic (exact) mass is 1050 g/mol. The summed E-state index contributed by atoms with van der Waals surface area (Å²) in [5.41, 5.74) is 0. The summed E-state index contributed by atoms with van der Waals surface area (Å²) < 4.78 is 16.8. The van der Waals surface area contributed by atoms with Crippen molar-refractivity contribution in [1.29, 1.82) is 0 Å². The lowest BCUT2D eigenvalue weighted by molar-refractivity contribution is -0.167. The van der Waals surface area contributed by atoms with Gasteiger partial charge in [0.15, 0.2) is 6.10 Å². The summed E-state index contributed by atoms with van der Waals surface area (Å²) in [6.07, 6.45) is 89.8. The van der Waals surface area contributed by atoms with Crippen molar-refractivity contribution in [2.45, 2.75) is 264 Å². The van der Waals surface area contributed by atoms with E-state index in [0.29, 0.717) is 25.7 Å². The van der Waals surface area contributed by atoms with Crippen LogP contribution in [0.2, 0.25) is 0 Å². The average molecular weight is 1050 g/mol. The minimum Gasteiger partial charge on any atom is -0.462 e. The van der Waals surface area contributed by atoms with Gasteiger partial charge in [0.25, 0.3) is 0 Å². The SMILES string of the molecule is CC/C=C\C/C=C\C/C=C\C/C=C\C/C=C\C/C=C\C/C=C\C/C=C\CCCCC(=O)OCC(COC(=O)CCCCCCC/C=C\C/C=C\CCCCC)OC(=O)CCCCCCC/C=C\C/C=C\CCCCCC. The Hall–Kier alpha value is -4.71. The van der Waals surface area contributed by atoms with Gasteiger partial charge in [0.05, 0.1) is 0 Å². The smallest absolute Gasteiger partial charge is 0.306 e. The highest BCUT2D eigenvalue weighted by molar-refractivity contribution is 5.71. The predicted molar refractivity (Wildman–Crippen MR) is 329 cm³/mol. The van der Waals surface area contributed by atoms with E-state index in [1.807, 2.05) is 0 Å². The molecule has 1 atom stereocenters. The van der Waals surface area contributed by atoms with Crippen molar-refractivity contribution in [3.8, 4) is 0 Å². The Morgan fingerprint density at radius 1 is 0.276 bits per heavy atom. The van der Waals surface area contributed by atoms with Gasteiger partial charge >= 0.3 is 17.9 Å². The largest absolute Gasteiger partial charge is 0.462 e. The zero-order valence-corrected chi connectivity index (χ0v) is 49.0. The van der Waals surface area contributed by atoms with E-state index in [-0.39, 0.29) is 31.1 Å². The molecule has 0 bridgehead atoms. The van der Waals surface area contributed by atoms with Crippen molar-refractivity contribution in [2.24, 2.45) is 0 Å². The van der Waals surface area contributed by atoms with E-state index < -0.39 is 6.10 Å². The fraction of sp³-hybridized carbons (Fsp3) is 0.614. The molecule has 0 fully saturated rings. The van der Waals surface area contributed by atoms with E-state index in [1.165, 1.54) is 57.8 Å². The molecule has 0 aliphatic rings. The third-order valence-corrected chi connectivity index (χ3v) is 12.5. The summed E-state index contributed by atoms with van der Waals surface area (Å²) in [6, 6.07) is 0. The molecular formula is C70H112O6. The Labute approximate surface area is 467 Å². The van der Waals surface area contributed by atoms with Crippen LogP contribution in [0.4, 0.5) is 0 Å². The van der Waals surface area contributed by atoms with Crippen LogP contribution in [0.25, 0.3) is 0 Å². The zero-order chi connectivity index (χ0) is 55.0. The van der Waals surface area contributed by atoms with Crippen LogP contribution in [0.5, 0.6) is 0 Å². The summed E-state index contributed by atoms with van der Waals surface area (Å²) >= 11 is 0. The second-order valence-corrected chi connectivity index (χ2v) is 19.9. The van der Waals surface area contributed by atoms with Gasteiger partial charge in [-0.05, 0) is 148 Å². The number of rotatable bonds is 54. The van der Waals surface area contributed by atoms with Crippen LogP contribution in [0.15, 0.2) is 146 Å². The van der Waals surface area contributed by atoms with E-state index in [4.69, 9.17) is 14.2 Å². The first-order chi connectivity index (χ1) is 37.5.